The summed E-state index contributed by atoms with van der Waals surface area (Å²) in [7, 11) is 1.72. The lowest BCUT2D eigenvalue weighted by Gasteiger charge is -2.13. The first-order valence-electron chi connectivity index (χ1n) is 7.44. The maximum Gasteiger partial charge on any atom is 0.133 e. The molecule has 1 aromatic heterocycles. The van der Waals surface area contributed by atoms with E-state index in [0.29, 0.717) is 12.5 Å². The van der Waals surface area contributed by atoms with Crippen LogP contribution >= 0.6 is 0 Å². The van der Waals surface area contributed by atoms with Crippen LogP contribution in [-0.2, 0) is 11.2 Å². The zero-order chi connectivity index (χ0) is 13.5. The largest absolute Gasteiger partial charge is 0.384 e. The van der Waals surface area contributed by atoms with Gasteiger partial charge in [-0.1, -0.05) is 19.8 Å². The second-order valence-corrected chi connectivity index (χ2v) is 5.25. The molecular weight excluding hydrogens is 238 g/mol. The minimum Gasteiger partial charge on any atom is -0.384 e. The summed E-state index contributed by atoms with van der Waals surface area (Å²) in [5.41, 5.74) is 1.22. The summed E-state index contributed by atoms with van der Waals surface area (Å²) in [6.45, 7) is 3.81. The van der Waals surface area contributed by atoms with E-state index in [1.54, 1.807) is 7.11 Å². The molecule has 19 heavy (non-hydrogen) atoms. The Balaban J connectivity index is 2.14. The number of ether oxygens (including phenoxy) is 1. The molecule has 1 aromatic rings. The predicted octanol–water partition coefficient (Wildman–Crippen LogP) is 3.15. The molecule has 1 aliphatic rings. The number of rotatable bonds is 7. The van der Waals surface area contributed by atoms with Gasteiger partial charge < -0.3 is 10.1 Å². The molecule has 0 bridgehead atoms. The number of nitrogens with zero attached hydrogens (tertiary/aromatic N) is 2. The summed E-state index contributed by atoms with van der Waals surface area (Å²) >= 11 is 0. The third kappa shape index (κ3) is 4.16. The molecule has 0 amide bonds. The highest BCUT2D eigenvalue weighted by Gasteiger charge is 2.19. The SMILES string of the molecule is CCCNc1cc(C2CCCC2)nc(CCOC)n1. The summed E-state index contributed by atoms with van der Waals surface area (Å²) in [6, 6.07) is 2.14. The number of methoxy groups -OCH3 is 1. The minimum atomic E-state index is 0.631. The van der Waals surface area contributed by atoms with Crippen molar-refractivity contribution in [1.82, 2.24) is 9.97 Å². The molecule has 106 valence electrons. The molecule has 1 aliphatic carbocycles. The van der Waals surface area contributed by atoms with E-state index < -0.39 is 0 Å². The van der Waals surface area contributed by atoms with Crippen LogP contribution in [0.1, 0.15) is 56.5 Å². The van der Waals surface area contributed by atoms with Gasteiger partial charge in [0.15, 0.2) is 0 Å². The van der Waals surface area contributed by atoms with Crippen LogP contribution in [0.4, 0.5) is 5.82 Å². The van der Waals surface area contributed by atoms with Gasteiger partial charge in [-0.3, -0.25) is 0 Å². The lowest BCUT2D eigenvalue weighted by atomic mass is 10.0. The lowest BCUT2D eigenvalue weighted by Crippen LogP contribution is -2.10. The molecule has 0 aliphatic heterocycles. The van der Waals surface area contributed by atoms with Crippen molar-refractivity contribution in [3.05, 3.63) is 17.6 Å². The topological polar surface area (TPSA) is 47.0 Å². The highest BCUT2D eigenvalue weighted by Crippen LogP contribution is 2.33. The van der Waals surface area contributed by atoms with Gasteiger partial charge in [-0.25, -0.2) is 9.97 Å². The third-order valence-corrected chi connectivity index (χ3v) is 3.65. The number of aromatic nitrogens is 2. The molecule has 0 spiro atoms. The van der Waals surface area contributed by atoms with E-state index >= 15 is 0 Å². The molecule has 0 unspecified atom stereocenters. The molecule has 0 atom stereocenters. The van der Waals surface area contributed by atoms with Gasteiger partial charge in [0.25, 0.3) is 0 Å². The number of nitrogens with one attached hydrogen (secondary N) is 1. The highest BCUT2D eigenvalue weighted by molar-refractivity contribution is 5.37. The number of anilines is 1. The molecule has 1 N–H and O–H groups in total. The van der Waals surface area contributed by atoms with Crippen LogP contribution in [0.5, 0.6) is 0 Å². The van der Waals surface area contributed by atoms with E-state index in [2.05, 4.69) is 23.3 Å². The van der Waals surface area contributed by atoms with Gasteiger partial charge in [0.2, 0.25) is 0 Å². The van der Waals surface area contributed by atoms with Crippen LogP contribution in [0.2, 0.25) is 0 Å². The second-order valence-electron chi connectivity index (χ2n) is 5.25. The average molecular weight is 263 g/mol. The first-order chi connectivity index (χ1) is 9.33. The maximum atomic E-state index is 5.13. The van der Waals surface area contributed by atoms with Crippen molar-refractivity contribution in [3.8, 4) is 0 Å². The van der Waals surface area contributed by atoms with Crippen molar-refractivity contribution >= 4 is 5.82 Å². The fourth-order valence-corrected chi connectivity index (χ4v) is 2.60. The zero-order valence-electron chi connectivity index (χ0n) is 12.1. The maximum absolute atomic E-state index is 5.13. The summed E-state index contributed by atoms with van der Waals surface area (Å²) in [6.07, 6.45) is 7.11. The van der Waals surface area contributed by atoms with Crippen LogP contribution in [0.3, 0.4) is 0 Å². The van der Waals surface area contributed by atoms with Crippen molar-refractivity contribution in [3.63, 3.8) is 0 Å². The summed E-state index contributed by atoms with van der Waals surface area (Å²) in [4.78, 5) is 9.31. The average Bonchev–Trinajstić information content (AvgIpc) is 2.97. The minimum absolute atomic E-state index is 0.631. The van der Waals surface area contributed by atoms with Gasteiger partial charge in [0.05, 0.1) is 6.61 Å². The summed E-state index contributed by atoms with van der Waals surface area (Å²) in [5, 5.41) is 3.38. The van der Waals surface area contributed by atoms with Crippen molar-refractivity contribution in [1.29, 1.82) is 0 Å². The van der Waals surface area contributed by atoms with Crippen LogP contribution in [0.25, 0.3) is 0 Å². The zero-order valence-corrected chi connectivity index (χ0v) is 12.1. The highest BCUT2D eigenvalue weighted by atomic mass is 16.5. The third-order valence-electron chi connectivity index (χ3n) is 3.65. The molecule has 0 radical (unpaired) electrons. The van der Waals surface area contributed by atoms with Crippen LogP contribution in [0, 0.1) is 0 Å². The van der Waals surface area contributed by atoms with E-state index in [1.807, 2.05) is 0 Å². The Morgan fingerprint density at radius 2 is 2.11 bits per heavy atom. The molecular formula is C15H25N3O. The van der Waals surface area contributed by atoms with Gasteiger partial charge in [-0.2, -0.15) is 0 Å². The molecule has 2 rings (SSSR count). The first kappa shape index (κ1) is 14.3. The lowest BCUT2D eigenvalue weighted by molar-refractivity contribution is 0.200. The van der Waals surface area contributed by atoms with E-state index in [0.717, 1.165) is 31.0 Å². The molecule has 0 aromatic carbocycles. The molecule has 1 heterocycles. The van der Waals surface area contributed by atoms with Crippen LogP contribution in [-0.4, -0.2) is 30.2 Å². The molecule has 4 heteroatoms. The fraction of sp³-hybridized carbons (Fsp3) is 0.733. The Kier molecular flexibility index (Phi) is 5.58. The Bertz CT molecular complexity index is 363. The number of hydrogen-bond acceptors (Lipinski definition) is 4. The number of hydrogen-bond donors (Lipinski definition) is 1. The summed E-state index contributed by atoms with van der Waals surface area (Å²) in [5.74, 6) is 2.51. The van der Waals surface area contributed by atoms with Crippen LogP contribution in [0.15, 0.2) is 6.07 Å². The molecule has 1 fully saturated rings. The van der Waals surface area contributed by atoms with E-state index in [4.69, 9.17) is 9.72 Å². The van der Waals surface area contributed by atoms with Gasteiger partial charge >= 0.3 is 0 Å². The van der Waals surface area contributed by atoms with Crippen molar-refractivity contribution < 1.29 is 4.74 Å². The molecule has 0 saturated heterocycles. The second kappa shape index (κ2) is 7.43. The van der Waals surface area contributed by atoms with Crippen molar-refractivity contribution in [2.24, 2.45) is 0 Å². The smallest absolute Gasteiger partial charge is 0.133 e. The van der Waals surface area contributed by atoms with Crippen LogP contribution < -0.4 is 5.32 Å². The van der Waals surface area contributed by atoms with Crippen molar-refractivity contribution in [2.45, 2.75) is 51.4 Å². The Morgan fingerprint density at radius 3 is 2.79 bits per heavy atom. The van der Waals surface area contributed by atoms with Gasteiger partial charge in [-0.15, -0.1) is 0 Å². The first-order valence-corrected chi connectivity index (χ1v) is 7.44. The Labute approximate surface area is 116 Å². The molecule has 4 nitrogen and oxygen atoms in total. The summed E-state index contributed by atoms with van der Waals surface area (Å²) < 4.78 is 5.13. The van der Waals surface area contributed by atoms with Gasteiger partial charge in [-0.05, 0) is 19.3 Å². The Hall–Kier alpha value is -1.16. The Morgan fingerprint density at radius 1 is 1.32 bits per heavy atom. The van der Waals surface area contributed by atoms with Gasteiger partial charge in [0.1, 0.15) is 11.6 Å². The predicted molar refractivity (Wildman–Crippen MR) is 77.6 cm³/mol. The monoisotopic (exact) mass is 263 g/mol. The standard InChI is InChI=1S/C15H25N3O/c1-3-9-16-15-11-13(12-6-4-5-7-12)17-14(18-15)8-10-19-2/h11-12H,3-10H2,1-2H3,(H,16,17,18). The molecule has 1 saturated carbocycles. The van der Waals surface area contributed by atoms with Gasteiger partial charge in [0, 0.05) is 37.8 Å². The quantitative estimate of drug-likeness (QED) is 0.821. The van der Waals surface area contributed by atoms with E-state index in [-0.39, 0.29) is 0 Å². The normalized spacial score (nSPS) is 15.9. The fourth-order valence-electron chi connectivity index (χ4n) is 2.60. The van der Waals surface area contributed by atoms with E-state index in [1.165, 1.54) is 31.4 Å². The van der Waals surface area contributed by atoms with Crippen molar-refractivity contribution in [2.75, 3.05) is 25.6 Å². The van der Waals surface area contributed by atoms with E-state index in [9.17, 15) is 0 Å².